The number of carbonyl (C=O) groups excluding carboxylic acids is 2. The standard InChI is InChI=1S/C26H36N4O4S/c31-25(28-20-22-11-8-10-17-27-22)12-7-5-3-1-2-4-6-9-18-29-35(33,34)23-14-15-24-21(19-23)13-16-26(32)30-24/h8,10-11,14-15,17,19,29H,1-7,9,12-13,16,18,20H2,(H,28,31)(H,30,32). The number of aryl methyl sites for hydroxylation is 1. The van der Waals surface area contributed by atoms with Crippen molar-refractivity contribution in [2.45, 2.75) is 82.1 Å². The quantitative estimate of drug-likeness (QED) is 0.319. The van der Waals surface area contributed by atoms with Gasteiger partial charge < -0.3 is 10.6 Å². The lowest BCUT2D eigenvalue weighted by Crippen LogP contribution is -2.25. The number of amides is 2. The summed E-state index contributed by atoms with van der Waals surface area (Å²) >= 11 is 0. The average molecular weight is 501 g/mol. The molecule has 2 amide bonds. The van der Waals surface area contributed by atoms with Crippen molar-refractivity contribution in [2.24, 2.45) is 0 Å². The van der Waals surface area contributed by atoms with E-state index in [2.05, 4.69) is 20.3 Å². The fraction of sp³-hybridized carbons (Fsp3) is 0.500. The van der Waals surface area contributed by atoms with Gasteiger partial charge in [-0.1, -0.05) is 44.6 Å². The topological polar surface area (TPSA) is 117 Å². The maximum Gasteiger partial charge on any atom is 0.240 e. The lowest BCUT2D eigenvalue weighted by Gasteiger charge is -2.17. The number of hydrogen-bond acceptors (Lipinski definition) is 5. The number of anilines is 1. The zero-order valence-corrected chi connectivity index (χ0v) is 21.0. The van der Waals surface area contributed by atoms with Crippen LogP contribution in [0, 0.1) is 0 Å². The highest BCUT2D eigenvalue weighted by molar-refractivity contribution is 7.89. The Kier molecular flexibility index (Phi) is 10.7. The van der Waals surface area contributed by atoms with Crippen LogP contribution in [0.5, 0.6) is 0 Å². The fourth-order valence-electron chi connectivity index (χ4n) is 4.07. The first kappa shape index (κ1) is 26.8. The molecule has 35 heavy (non-hydrogen) atoms. The Morgan fingerprint density at radius 3 is 2.43 bits per heavy atom. The van der Waals surface area contributed by atoms with Gasteiger partial charge in [-0.15, -0.1) is 0 Å². The van der Waals surface area contributed by atoms with E-state index in [1.165, 1.54) is 6.07 Å². The molecular weight excluding hydrogens is 464 g/mol. The summed E-state index contributed by atoms with van der Waals surface area (Å²) in [7, 11) is -3.54. The first-order valence-corrected chi connectivity index (χ1v) is 14.0. The Morgan fingerprint density at radius 2 is 1.69 bits per heavy atom. The van der Waals surface area contributed by atoms with Gasteiger partial charge in [0.1, 0.15) is 0 Å². The van der Waals surface area contributed by atoms with Gasteiger partial charge in [0, 0.05) is 31.3 Å². The molecule has 0 aliphatic carbocycles. The molecule has 0 spiro atoms. The van der Waals surface area contributed by atoms with E-state index in [1.54, 1.807) is 18.3 Å². The van der Waals surface area contributed by atoms with Crippen molar-refractivity contribution in [3.8, 4) is 0 Å². The lowest BCUT2D eigenvalue weighted by atomic mass is 10.0. The van der Waals surface area contributed by atoms with Crippen LogP contribution in [-0.2, 0) is 32.6 Å². The highest BCUT2D eigenvalue weighted by Crippen LogP contribution is 2.25. The number of sulfonamides is 1. The average Bonchev–Trinajstić information content (AvgIpc) is 2.86. The maximum absolute atomic E-state index is 12.5. The van der Waals surface area contributed by atoms with Crippen LogP contribution in [0.2, 0.25) is 0 Å². The second-order valence-corrected chi connectivity index (χ2v) is 10.7. The van der Waals surface area contributed by atoms with Crippen LogP contribution >= 0.6 is 0 Å². The van der Waals surface area contributed by atoms with Gasteiger partial charge in [0.05, 0.1) is 17.1 Å². The Labute approximate surface area is 208 Å². The summed E-state index contributed by atoms with van der Waals surface area (Å²) in [6.45, 7) is 0.895. The largest absolute Gasteiger partial charge is 0.350 e. The molecule has 190 valence electrons. The highest BCUT2D eigenvalue weighted by atomic mass is 32.2. The number of aromatic nitrogens is 1. The number of carbonyl (C=O) groups is 2. The number of nitrogens with one attached hydrogen (secondary N) is 3. The molecule has 1 aromatic heterocycles. The van der Waals surface area contributed by atoms with Gasteiger partial charge in [-0.3, -0.25) is 14.6 Å². The van der Waals surface area contributed by atoms with Crippen molar-refractivity contribution in [2.75, 3.05) is 11.9 Å². The summed E-state index contributed by atoms with van der Waals surface area (Å²) in [4.78, 5) is 27.8. The minimum atomic E-state index is -3.54. The molecule has 2 heterocycles. The number of fused-ring (bicyclic) bond motifs is 1. The third-order valence-corrected chi connectivity index (χ3v) is 7.56. The van der Waals surface area contributed by atoms with E-state index in [0.29, 0.717) is 38.0 Å². The molecule has 0 unspecified atom stereocenters. The molecule has 0 bridgehead atoms. The van der Waals surface area contributed by atoms with Crippen molar-refractivity contribution in [3.05, 3.63) is 53.9 Å². The first-order chi connectivity index (χ1) is 16.9. The van der Waals surface area contributed by atoms with Gasteiger partial charge in [0.2, 0.25) is 21.8 Å². The molecule has 0 radical (unpaired) electrons. The first-order valence-electron chi connectivity index (χ1n) is 12.5. The number of unbranched alkanes of at least 4 members (excludes halogenated alkanes) is 7. The minimum absolute atomic E-state index is 0.0360. The lowest BCUT2D eigenvalue weighted by molar-refractivity contribution is -0.121. The minimum Gasteiger partial charge on any atom is -0.350 e. The molecule has 3 rings (SSSR count). The molecule has 1 aliphatic rings. The van der Waals surface area contributed by atoms with Crippen LogP contribution in [-0.4, -0.2) is 31.8 Å². The van der Waals surface area contributed by atoms with Gasteiger partial charge in [-0.2, -0.15) is 0 Å². The monoisotopic (exact) mass is 500 g/mol. The molecule has 0 saturated carbocycles. The number of pyridine rings is 1. The normalized spacial score (nSPS) is 13.2. The summed E-state index contributed by atoms with van der Waals surface area (Å²) in [5.41, 5.74) is 2.42. The van der Waals surface area contributed by atoms with Crippen LogP contribution in [0.25, 0.3) is 0 Å². The van der Waals surface area contributed by atoms with Crippen molar-refractivity contribution < 1.29 is 18.0 Å². The summed E-state index contributed by atoms with van der Waals surface area (Å²) < 4.78 is 27.8. The van der Waals surface area contributed by atoms with E-state index < -0.39 is 10.0 Å². The van der Waals surface area contributed by atoms with E-state index in [4.69, 9.17) is 0 Å². The molecule has 1 aromatic carbocycles. The maximum atomic E-state index is 12.5. The second kappa shape index (κ2) is 13.9. The van der Waals surface area contributed by atoms with Crippen LogP contribution in [0.3, 0.4) is 0 Å². The van der Waals surface area contributed by atoms with Gasteiger partial charge >= 0.3 is 0 Å². The molecule has 1 aliphatic heterocycles. The summed E-state index contributed by atoms with van der Waals surface area (Å²) in [6, 6.07) is 10.5. The molecule has 0 atom stereocenters. The molecular formula is C26H36N4O4S. The van der Waals surface area contributed by atoms with Gasteiger partial charge in [0.15, 0.2) is 0 Å². The van der Waals surface area contributed by atoms with Crippen molar-refractivity contribution in [3.63, 3.8) is 0 Å². The van der Waals surface area contributed by atoms with Crippen molar-refractivity contribution in [1.82, 2.24) is 15.0 Å². The fourth-order valence-corrected chi connectivity index (χ4v) is 5.19. The van der Waals surface area contributed by atoms with E-state index in [1.807, 2.05) is 18.2 Å². The number of rotatable bonds is 15. The summed E-state index contributed by atoms with van der Waals surface area (Å²) in [6.07, 6.45) is 11.4. The third kappa shape index (κ3) is 9.41. The molecule has 0 fully saturated rings. The number of nitrogens with zero attached hydrogens (tertiary/aromatic N) is 1. The SMILES string of the molecule is O=C(CCCCCCCCCCNS(=O)(=O)c1ccc2c(c1)CCC(=O)N2)NCc1ccccn1. The Morgan fingerprint density at radius 1 is 0.943 bits per heavy atom. The van der Waals surface area contributed by atoms with Gasteiger partial charge in [0.25, 0.3) is 0 Å². The van der Waals surface area contributed by atoms with E-state index in [-0.39, 0.29) is 16.7 Å². The molecule has 0 saturated heterocycles. The van der Waals surface area contributed by atoms with Crippen LogP contribution in [0.1, 0.15) is 75.5 Å². The predicted octanol–water partition coefficient (Wildman–Crippen LogP) is 4.07. The summed E-state index contributed by atoms with van der Waals surface area (Å²) in [5.74, 6) is 0.0337. The van der Waals surface area contributed by atoms with Crippen molar-refractivity contribution >= 4 is 27.5 Å². The van der Waals surface area contributed by atoms with Gasteiger partial charge in [-0.05, 0) is 55.2 Å². The van der Waals surface area contributed by atoms with Crippen LogP contribution < -0.4 is 15.4 Å². The molecule has 9 heteroatoms. The van der Waals surface area contributed by atoms with Crippen molar-refractivity contribution in [1.29, 1.82) is 0 Å². The second-order valence-electron chi connectivity index (χ2n) is 8.94. The Balaban J connectivity index is 1.18. The highest BCUT2D eigenvalue weighted by Gasteiger charge is 2.19. The van der Waals surface area contributed by atoms with Gasteiger partial charge in [-0.25, -0.2) is 13.1 Å². The zero-order valence-electron chi connectivity index (χ0n) is 20.2. The third-order valence-electron chi connectivity index (χ3n) is 6.10. The zero-order chi connectivity index (χ0) is 24.9. The van der Waals surface area contributed by atoms with Crippen LogP contribution in [0.15, 0.2) is 47.5 Å². The number of benzene rings is 1. The smallest absolute Gasteiger partial charge is 0.240 e. The molecule has 8 nitrogen and oxygen atoms in total. The van der Waals surface area contributed by atoms with Crippen LogP contribution in [0.4, 0.5) is 5.69 Å². The van der Waals surface area contributed by atoms with E-state index >= 15 is 0 Å². The van der Waals surface area contributed by atoms with E-state index in [9.17, 15) is 18.0 Å². The number of hydrogen-bond donors (Lipinski definition) is 3. The molecule has 2 aromatic rings. The Hall–Kier alpha value is -2.78. The predicted molar refractivity (Wildman–Crippen MR) is 136 cm³/mol. The van der Waals surface area contributed by atoms with E-state index in [0.717, 1.165) is 62.6 Å². The Bertz CT molecular complexity index is 1070. The molecule has 3 N–H and O–H groups in total. The summed E-state index contributed by atoms with van der Waals surface area (Å²) in [5, 5.41) is 5.67.